The van der Waals surface area contributed by atoms with Crippen molar-refractivity contribution in [3.05, 3.63) is 48.7 Å². The summed E-state index contributed by atoms with van der Waals surface area (Å²) in [6, 6.07) is 13.4. The molecule has 2 aromatic carbocycles. The quantitative estimate of drug-likeness (QED) is 0.367. The maximum atomic E-state index is 10.8. The van der Waals surface area contributed by atoms with Crippen LogP contribution in [0, 0.1) is 0 Å². The van der Waals surface area contributed by atoms with Gasteiger partial charge in [-0.1, -0.05) is 0 Å². The number of aromatic nitrogens is 5. The van der Waals surface area contributed by atoms with Crippen molar-refractivity contribution < 1.29 is 9.53 Å². The van der Waals surface area contributed by atoms with Gasteiger partial charge in [-0.05, 0) is 42.5 Å². The van der Waals surface area contributed by atoms with Crippen LogP contribution in [0.1, 0.15) is 6.92 Å². The van der Waals surface area contributed by atoms with Crippen molar-refractivity contribution >= 4 is 28.4 Å². The van der Waals surface area contributed by atoms with Crippen LogP contribution in [0.2, 0.25) is 0 Å². The van der Waals surface area contributed by atoms with Gasteiger partial charge in [-0.15, -0.1) is 5.10 Å². The summed E-state index contributed by atoms with van der Waals surface area (Å²) in [7, 11) is 0. The topological polar surface area (TPSA) is 121 Å². The van der Waals surface area contributed by atoms with Crippen LogP contribution in [0.5, 0.6) is 5.75 Å². The van der Waals surface area contributed by atoms with Crippen molar-refractivity contribution in [1.29, 1.82) is 0 Å². The van der Waals surface area contributed by atoms with Gasteiger partial charge >= 0.3 is 0 Å². The zero-order chi connectivity index (χ0) is 19.3. The molecule has 1 amide bonds. The van der Waals surface area contributed by atoms with Gasteiger partial charge in [-0.3, -0.25) is 15.0 Å². The van der Waals surface area contributed by atoms with Crippen LogP contribution in [0.3, 0.4) is 0 Å². The number of carbonyl (C=O) groups is 1. The van der Waals surface area contributed by atoms with Crippen LogP contribution in [0.4, 0.5) is 11.6 Å². The fourth-order valence-electron chi connectivity index (χ4n) is 2.70. The minimum Gasteiger partial charge on any atom is -0.492 e. The third-order valence-electron chi connectivity index (χ3n) is 4.05. The Hall–Kier alpha value is -3.88. The third-order valence-corrected chi connectivity index (χ3v) is 4.05. The van der Waals surface area contributed by atoms with Crippen LogP contribution in [0.15, 0.2) is 48.7 Å². The molecule has 0 saturated heterocycles. The molecule has 0 spiro atoms. The Morgan fingerprint density at radius 2 is 2.00 bits per heavy atom. The Kier molecular flexibility index (Phi) is 4.87. The highest BCUT2D eigenvalue weighted by Crippen LogP contribution is 2.22. The predicted molar refractivity (Wildman–Crippen MR) is 105 cm³/mol. The second kappa shape index (κ2) is 7.78. The Morgan fingerprint density at radius 1 is 1.14 bits per heavy atom. The highest BCUT2D eigenvalue weighted by Gasteiger charge is 2.07. The minimum atomic E-state index is -0.0710. The van der Waals surface area contributed by atoms with Gasteiger partial charge in [0.1, 0.15) is 12.4 Å². The summed E-state index contributed by atoms with van der Waals surface area (Å²) in [4.78, 5) is 15.3. The molecule has 4 N–H and O–H groups in total. The van der Waals surface area contributed by atoms with Crippen molar-refractivity contribution in [2.24, 2.45) is 0 Å². The van der Waals surface area contributed by atoms with Crippen molar-refractivity contribution in [1.82, 2.24) is 30.7 Å². The highest BCUT2D eigenvalue weighted by atomic mass is 16.5. The fraction of sp³-hybridized carbons (Fsp3) is 0.158. The van der Waals surface area contributed by atoms with E-state index in [0.29, 0.717) is 24.9 Å². The molecule has 2 heterocycles. The fourth-order valence-corrected chi connectivity index (χ4v) is 2.70. The predicted octanol–water partition coefficient (Wildman–Crippen LogP) is 2.61. The molecule has 0 saturated carbocycles. The first-order chi connectivity index (χ1) is 13.7. The molecular formula is C19H19N7O2. The number of rotatable bonds is 7. The summed E-state index contributed by atoms with van der Waals surface area (Å²) in [5.41, 5.74) is 2.74. The Bertz CT molecular complexity index is 1090. The van der Waals surface area contributed by atoms with Crippen molar-refractivity contribution in [2.45, 2.75) is 6.92 Å². The van der Waals surface area contributed by atoms with Crippen molar-refractivity contribution in [3.63, 3.8) is 0 Å². The van der Waals surface area contributed by atoms with E-state index < -0.39 is 0 Å². The number of hydrogen-bond acceptors (Lipinski definition) is 6. The molecule has 28 heavy (non-hydrogen) atoms. The first-order valence-corrected chi connectivity index (χ1v) is 8.77. The van der Waals surface area contributed by atoms with Gasteiger partial charge in [-0.2, -0.15) is 10.1 Å². The van der Waals surface area contributed by atoms with Crippen LogP contribution in [-0.4, -0.2) is 44.4 Å². The van der Waals surface area contributed by atoms with E-state index >= 15 is 0 Å². The number of nitrogens with zero attached hydrogens (tertiary/aromatic N) is 3. The lowest BCUT2D eigenvalue weighted by Crippen LogP contribution is -2.25. The number of hydrogen-bond donors (Lipinski definition) is 4. The van der Waals surface area contributed by atoms with E-state index in [4.69, 9.17) is 4.74 Å². The second-order valence-corrected chi connectivity index (χ2v) is 6.16. The Labute approximate surface area is 160 Å². The molecule has 4 aromatic rings. The number of carbonyl (C=O) groups excluding carboxylic acids is 1. The molecule has 2 aromatic heterocycles. The van der Waals surface area contributed by atoms with Crippen LogP contribution in [0.25, 0.3) is 22.3 Å². The lowest BCUT2D eigenvalue weighted by Gasteiger charge is -2.06. The van der Waals surface area contributed by atoms with E-state index in [-0.39, 0.29) is 5.91 Å². The van der Waals surface area contributed by atoms with Crippen LogP contribution < -0.4 is 15.4 Å². The van der Waals surface area contributed by atoms with E-state index in [1.807, 2.05) is 42.5 Å². The number of H-pyrrole nitrogens is 2. The normalized spacial score (nSPS) is 10.8. The molecule has 0 aliphatic heterocycles. The van der Waals surface area contributed by atoms with Gasteiger partial charge in [0.25, 0.3) is 0 Å². The number of nitrogens with one attached hydrogen (secondary N) is 4. The van der Waals surface area contributed by atoms with E-state index in [2.05, 4.69) is 36.0 Å². The molecule has 0 bridgehead atoms. The number of ether oxygens (including phenoxy) is 1. The van der Waals surface area contributed by atoms with Crippen LogP contribution >= 0.6 is 0 Å². The smallest absolute Gasteiger partial charge is 0.246 e. The average Bonchev–Trinajstić information content (AvgIpc) is 3.35. The SMILES string of the molecule is CC(=O)NCCOc1ccc(-c2nc(Nc3ccc4[nH]ncc4c3)n[nH]2)cc1. The molecule has 0 aliphatic rings. The first-order valence-electron chi connectivity index (χ1n) is 8.77. The first kappa shape index (κ1) is 17.5. The summed E-state index contributed by atoms with van der Waals surface area (Å²) in [5, 5.41) is 20.9. The van der Waals surface area contributed by atoms with Crippen LogP contribution in [-0.2, 0) is 4.79 Å². The number of aromatic amines is 2. The Morgan fingerprint density at radius 3 is 2.82 bits per heavy atom. The molecule has 0 unspecified atom stereocenters. The molecule has 0 fully saturated rings. The summed E-state index contributed by atoms with van der Waals surface area (Å²) < 4.78 is 5.58. The standard InChI is InChI=1S/C19H19N7O2/c1-12(27)20-8-9-28-16-5-2-13(3-6-16)18-23-19(26-25-18)22-15-4-7-17-14(10-15)11-21-24-17/h2-7,10-11H,8-9H2,1H3,(H,20,27)(H,21,24)(H2,22,23,25,26). The lowest BCUT2D eigenvalue weighted by atomic mass is 10.2. The average molecular weight is 377 g/mol. The molecule has 9 nitrogen and oxygen atoms in total. The van der Waals surface area contributed by atoms with Gasteiger partial charge in [0, 0.05) is 23.6 Å². The monoisotopic (exact) mass is 377 g/mol. The molecule has 0 atom stereocenters. The van der Waals surface area contributed by atoms with E-state index in [9.17, 15) is 4.79 Å². The number of fused-ring (bicyclic) bond motifs is 1. The molecule has 0 aliphatic carbocycles. The van der Waals surface area contributed by atoms with Gasteiger partial charge in [-0.25, -0.2) is 0 Å². The number of amides is 1. The van der Waals surface area contributed by atoms with E-state index in [1.165, 1.54) is 6.92 Å². The maximum absolute atomic E-state index is 10.8. The van der Waals surface area contributed by atoms with Gasteiger partial charge in [0.15, 0.2) is 5.82 Å². The largest absolute Gasteiger partial charge is 0.492 e. The van der Waals surface area contributed by atoms with Crippen molar-refractivity contribution in [2.75, 3.05) is 18.5 Å². The zero-order valence-corrected chi connectivity index (χ0v) is 15.2. The zero-order valence-electron chi connectivity index (χ0n) is 15.2. The number of anilines is 2. The van der Waals surface area contributed by atoms with E-state index in [0.717, 1.165) is 27.9 Å². The van der Waals surface area contributed by atoms with Gasteiger partial charge in [0.2, 0.25) is 11.9 Å². The molecular weight excluding hydrogens is 358 g/mol. The molecule has 4 rings (SSSR count). The van der Waals surface area contributed by atoms with Crippen molar-refractivity contribution in [3.8, 4) is 17.1 Å². The summed E-state index contributed by atoms with van der Waals surface area (Å²) in [6.45, 7) is 2.36. The lowest BCUT2D eigenvalue weighted by molar-refractivity contribution is -0.119. The molecule has 0 radical (unpaired) electrons. The Balaban J connectivity index is 1.38. The molecule has 142 valence electrons. The number of benzene rings is 2. The third kappa shape index (κ3) is 4.09. The van der Waals surface area contributed by atoms with Gasteiger partial charge in [0.05, 0.1) is 18.3 Å². The minimum absolute atomic E-state index is 0.0710. The summed E-state index contributed by atoms with van der Waals surface area (Å²) >= 11 is 0. The van der Waals surface area contributed by atoms with Gasteiger partial charge < -0.3 is 15.4 Å². The summed E-state index contributed by atoms with van der Waals surface area (Å²) in [6.07, 6.45) is 1.77. The highest BCUT2D eigenvalue weighted by molar-refractivity contribution is 5.82. The van der Waals surface area contributed by atoms with E-state index in [1.54, 1.807) is 6.20 Å². The summed E-state index contributed by atoms with van der Waals surface area (Å²) in [5.74, 6) is 1.78. The molecule has 9 heteroatoms. The maximum Gasteiger partial charge on any atom is 0.246 e. The second-order valence-electron chi connectivity index (χ2n) is 6.16.